The van der Waals surface area contributed by atoms with Crippen LogP contribution in [0.15, 0.2) is 6.33 Å². The van der Waals surface area contributed by atoms with Gasteiger partial charge in [-0.3, -0.25) is 0 Å². The Morgan fingerprint density at radius 1 is 1.25 bits per heavy atom. The van der Waals surface area contributed by atoms with Crippen LogP contribution in [0, 0.1) is 17.8 Å². The summed E-state index contributed by atoms with van der Waals surface area (Å²) in [4.78, 5) is 4.47. The van der Waals surface area contributed by atoms with Gasteiger partial charge in [0.25, 0.3) is 0 Å². The predicted octanol–water partition coefficient (Wildman–Crippen LogP) is 2.92. The van der Waals surface area contributed by atoms with Crippen molar-refractivity contribution in [2.75, 3.05) is 0 Å². The van der Waals surface area contributed by atoms with Crippen molar-refractivity contribution >= 4 is 0 Å². The fraction of sp³-hybridized carbons (Fsp3) is 0.875. The molecule has 4 aliphatic rings. The minimum atomic E-state index is 0.418. The predicted molar refractivity (Wildman–Crippen MR) is 78.1 cm³/mol. The van der Waals surface area contributed by atoms with Gasteiger partial charge in [-0.2, -0.15) is 5.10 Å². The molecule has 2 bridgehead atoms. The van der Waals surface area contributed by atoms with Gasteiger partial charge in [0.15, 0.2) is 0 Å². The molecule has 1 aliphatic heterocycles. The maximum atomic E-state index is 4.47. The normalized spacial score (nSPS) is 37.6. The Balaban J connectivity index is 1.45. The maximum Gasteiger partial charge on any atom is 0.143 e. The van der Waals surface area contributed by atoms with Crippen molar-refractivity contribution < 1.29 is 0 Å². The number of nitrogens with zero attached hydrogens (tertiary/aromatic N) is 3. The average Bonchev–Trinajstić information content (AvgIpc) is 2.98. The smallest absolute Gasteiger partial charge is 0.143 e. The van der Waals surface area contributed by atoms with Gasteiger partial charge in [0.05, 0.1) is 6.04 Å². The van der Waals surface area contributed by atoms with Crippen LogP contribution in [0.3, 0.4) is 0 Å². The molecule has 2 heterocycles. The molecule has 0 aromatic carbocycles. The van der Waals surface area contributed by atoms with Crippen molar-refractivity contribution in [3.8, 4) is 0 Å². The van der Waals surface area contributed by atoms with E-state index in [1.165, 1.54) is 44.9 Å². The first kappa shape index (κ1) is 12.8. The lowest BCUT2D eigenvalue weighted by Crippen LogP contribution is -2.45. The zero-order valence-corrected chi connectivity index (χ0v) is 12.5. The van der Waals surface area contributed by atoms with Gasteiger partial charge in [0.2, 0.25) is 0 Å². The molecular weight excluding hydrogens is 248 g/mol. The van der Waals surface area contributed by atoms with Gasteiger partial charge in [0.1, 0.15) is 12.2 Å². The maximum absolute atomic E-state index is 4.47. The molecule has 1 aromatic heterocycles. The van der Waals surface area contributed by atoms with Crippen LogP contribution in [0.4, 0.5) is 0 Å². The van der Waals surface area contributed by atoms with E-state index in [9.17, 15) is 0 Å². The summed E-state index contributed by atoms with van der Waals surface area (Å²) in [6, 6.07) is 1.04. The Morgan fingerprint density at radius 2 is 2.10 bits per heavy atom. The van der Waals surface area contributed by atoms with Crippen molar-refractivity contribution in [3.05, 3.63) is 12.2 Å². The third kappa shape index (κ3) is 2.18. The first-order valence-electron chi connectivity index (χ1n) is 8.45. The van der Waals surface area contributed by atoms with Crippen LogP contribution < -0.4 is 5.32 Å². The molecule has 3 fully saturated rings. The first-order chi connectivity index (χ1) is 9.81. The van der Waals surface area contributed by atoms with Crippen LogP contribution in [-0.2, 0) is 6.54 Å². The molecule has 0 saturated heterocycles. The van der Waals surface area contributed by atoms with E-state index in [2.05, 4.69) is 27.0 Å². The Bertz CT molecular complexity index is 461. The van der Waals surface area contributed by atoms with E-state index in [4.69, 9.17) is 0 Å². The Kier molecular flexibility index (Phi) is 3.29. The van der Waals surface area contributed by atoms with Gasteiger partial charge in [0, 0.05) is 12.6 Å². The molecule has 3 unspecified atom stereocenters. The molecule has 3 atom stereocenters. The largest absolute Gasteiger partial charge is 0.304 e. The van der Waals surface area contributed by atoms with Gasteiger partial charge in [-0.25, -0.2) is 9.67 Å². The highest BCUT2D eigenvalue weighted by molar-refractivity contribution is 5.00. The van der Waals surface area contributed by atoms with Gasteiger partial charge in [-0.05, 0) is 56.8 Å². The lowest BCUT2D eigenvalue weighted by molar-refractivity contribution is 0.0700. The van der Waals surface area contributed by atoms with E-state index in [0.717, 1.165) is 30.1 Å². The number of fused-ring (bicyclic) bond motifs is 4. The molecule has 110 valence electrons. The summed E-state index contributed by atoms with van der Waals surface area (Å²) < 4.78 is 2.08. The zero-order valence-electron chi connectivity index (χ0n) is 12.5. The van der Waals surface area contributed by atoms with Gasteiger partial charge in [-0.1, -0.05) is 12.8 Å². The fourth-order valence-electron chi connectivity index (χ4n) is 4.93. The van der Waals surface area contributed by atoms with Crippen LogP contribution in [-0.4, -0.2) is 20.8 Å². The van der Waals surface area contributed by atoms with E-state index in [0.29, 0.717) is 12.1 Å². The van der Waals surface area contributed by atoms with E-state index < -0.39 is 0 Å². The highest BCUT2D eigenvalue weighted by Crippen LogP contribution is 2.46. The molecule has 0 spiro atoms. The van der Waals surface area contributed by atoms with E-state index in [1.807, 2.05) is 0 Å². The van der Waals surface area contributed by atoms with Crippen LogP contribution in [0.25, 0.3) is 0 Å². The highest BCUT2D eigenvalue weighted by atomic mass is 15.3. The summed E-state index contributed by atoms with van der Waals surface area (Å²) in [7, 11) is 0. The Hall–Kier alpha value is -0.900. The van der Waals surface area contributed by atoms with Crippen LogP contribution in [0.5, 0.6) is 0 Å². The van der Waals surface area contributed by atoms with Crippen molar-refractivity contribution in [1.29, 1.82) is 0 Å². The average molecular weight is 274 g/mol. The monoisotopic (exact) mass is 274 g/mol. The quantitative estimate of drug-likeness (QED) is 0.921. The molecule has 1 N–H and O–H groups in total. The van der Waals surface area contributed by atoms with E-state index >= 15 is 0 Å². The molecule has 0 amide bonds. The summed E-state index contributed by atoms with van der Waals surface area (Å²) >= 11 is 0. The van der Waals surface area contributed by atoms with E-state index in [1.54, 1.807) is 6.33 Å². The number of hydrogen-bond donors (Lipinski definition) is 1. The molecule has 4 nitrogen and oxygen atoms in total. The van der Waals surface area contributed by atoms with Crippen LogP contribution in [0.1, 0.15) is 63.7 Å². The number of aromatic nitrogens is 3. The second-order valence-electron chi connectivity index (χ2n) is 7.17. The first-order valence-corrected chi connectivity index (χ1v) is 8.45. The summed E-state index contributed by atoms with van der Waals surface area (Å²) in [5, 5.41) is 8.22. The minimum absolute atomic E-state index is 0.418. The summed E-state index contributed by atoms with van der Waals surface area (Å²) in [6.45, 7) is 3.44. The third-order valence-electron chi connectivity index (χ3n) is 6.03. The van der Waals surface area contributed by atoms with Crippen LogP contribution >= 0.6 is 0 Å². The Labute approximate surface area is 121 Å². The molecule has 5 rings (SSSR count). The third-order valence-corrected chi connectivity index (χ3v) is 6.03. The molecular formula is C16H26N4. The summed E-state index contributed by atoms with van der Waals surface area (Å²) in [6.07, 6.45) is 11.5. The van der Waals surface area contributed by atoms with Gasteiger partial charge >= 0.3 is 0 Å². The molecule has 3 saturated carbocycles. The number of nitrogens with one attached hydrogen (secondary N) is 1. The van der Waals surface area contributed by atoms with Crippen LogP contribution in [0.2, 0.25) is 0 Å². The molecule has 0 radical (unpaired) electrons. The highest BCUT2D eigenvalue weighted by Gasteiger charge is 2.39. The standard InChI is InChI=1S/C16H26N4/c1-11(14-9-12-4-6-13(14)7-5-12)19-15-3-2-8-20-16(15)17-10-18-20/h10-15,19H,2-9H2,1H3. The zero-order chi connectivity index (χ0) is 13.5. The summed E-state index contributed by atoms with van der Waals surface area (Å²) in [5.41, 5.74) is 0. The van der Waals surface area contributed by atoms with Crippen molar-refractivity contribution in [2.24, 2.45) is 17.8 Å². The van der Waals surface area contributed by atoms with Crippen molar-refractivity contribution in [2.45, 2.75) is 70.5 Å². The lowest BCUT2D eigenvalue weighted by atomic mass is 9.63. The van der Waals surface area contributed by atoms with Crippen molar-refractivity contribution in [1.82, 2.24) is 20.1 Å². The second kappa shape index (κ2) is 5.14. The van der Waals surface area contributed by atoms with Crippen molar-refractivity contribution in [3.63, 3.8) is 0 Å². The number of aryl methyl sites for hydroxylation is 1. The fourth-order valence-corrected chi connectivity index (χ4v) is 4.93. The lowest BCUT2D eigenvalue weighted by Gasteiger charge is -2.46. The minimum Gasteiger partial charge on any atom is -0.304 e. The van der Waals surface area contributed by atoms with E-state index in [-0.39, 0.29) is 0 Å². The molecule has 4 heteroatoms. The van der Waals surface area contributed by atoms with Gasteiger partial charge in [-0.15, -0.1) is 0 Å². The second-order valence-corrected chi connectivity index (χ2v) is 7.17. The topological polar surface area (TPSA) is 42.7 Å². The number of rotatable bonds is 3. The molecule has 3 aliphatic carbocycles. The number of hydrogen-bond acceptors (Lipinski definition) is 3. The summed E-state index contributed by atoms with van der Waals surface area (Å²) in [5.74, 6) is 4.04. The molecule has 1 aromatic rings. The molecule has 20 heavy (non-hydrogen) atoms. The van der Waals surface area contributed by atoms with Gasteiger partial charge < -0.3 is 5.32 Å². The Morgan fingerprint density at radius 3 is 2.85 bits per heavy atom. The SMILES string of the molecule is CC(NC1CCCn2ncnc21)C1CC2CCC1CC2.